The molecule has 1 heterocycles. The third-order valence-corrected chi connectivity index (χ3v) is 7.56. The summed E-state index contributed by atoms with van der Waals surface area (Å²) in [6.45, 7) is 1.70. The number of rotatable bonds is 8. The summed E-state index contributed by atoms with van der Waals surface area (Å²) in [5.41, 5.74) is 4.48. The fraction of sp³-hybridized carbons (Fsp3) is 0.364. The van der Waals surface area contributed by atoms with Crippen molar-refractivity contribution in [3.63, 3.8) is 0 Å². The van der Waals surface area contributed by atoms with Crippen molar-refractivity contribution in [2.75, 3.05) is 33.2 Å². The number of hydrogen-bond donors (Lipinski definition) is 1. The van der Waals surface area contributed by atoms with E-state index in [9.17, 15) is 13.2 Å². The molecule has 0 spiro atoms. The number of likely N-dealkylation sites (tertiary alicyclic amines) is 1. The molecule has 1 aliphatic rings. The first-order valence-corrected chi connectivity index (χ1v) is 12.4. The highest BCUT2D eigenvalue weighted by atomic mass is 79.9. The summed E-state index contributed by atoms with van der Waals surface area (Å²) in [6.07, 6.45) is 2.10. The van der Waals surface area contributed by atoms with Crippen LogP contribution >= 0.6 is 15.9 Å². The van der Waals surface area contributed by atoms with Crippen molar-refractivity contribution < 1.29 is 13.2 Å². The number of sulfonamides is 1. The molecule has 1 aliphatic heterocycles. The zero-order valence-electron chi connectivity index (χ0n) is 17.5. The van der Waals surface area contributed by atoms with E-state index in [0.29, 0.717) is 6.42 Å². The highest BCUT2D eigenvalue weighted by molar-refractivity contribution is 9.10. The molecule has 166 valence electrons. The Morgan fingerprint density at radius 1 is 1.10 bits per heavy atom. The molecular formula is C22H27BrN4O3S. The number of hydrazone groups is 1. The zero-order valence-corrected chi connectivity index (χ0v) is 19.9. The van der Waals surface area contributed by atoms with Crippen LogP contribution in [0.25, 0.3) is 0 Å². The summed E-state index contributed by atoms with van der Waals surface area (Å²) in [7, 11) is -1.79. The second-order valence-electron chi connectivity index (χ2n) is 7.54. The van der Waals surface area contributed by atoms with Gasteiger partial charge in [-0.2, -0.15) is 9.41 Å². The van der Waals surface area contributed by atoms with E-state index in [0.717, 1.165) is 41.7 Å². The molecule has 1 saturated heterocycles. The Balaban J connectivity index is 1.72. The number of piperidine rings is 1. The number of nitrogens with one attached hydrogen (secondary N) is 1. The molecule has 9 heteroatoms. The molecule has 0 radical (unpaired) electrons. The quantitative estimate of drug-likeness (QED) is 0.558. The topological polar surface area (TPSA) is 82.1 Å². The Bertz CT molecular complexity index is 1000. The van der Waals surface area contributed by atoms with Gasteiger partial charge in [-0.25, -0.2) is 13.8 Å². The third kappa shape index (κ3) is 6.96. The van der Waals surface area contributed by atoms with Gasteiger partial charge in [0.2, 0.25) is 10.0 Å². The second-order valence-corrected chi connectivity index (χ2v) is 10.4. The lowest BCUT2D eigenvalue weighted by atomic mass is 10.1. The molecule has 7 nitrogen and oxygen atoms in total. The Morgan fingerprint density at radius 3 is 2.39 bits per heavy atom. The van der Waals surface area contributed by atoms with Crippen LogP contribution in [0, 0.1) is 0 Å². The van der Waals surface area contributed by atoms with Crippen LogP contribution in [0.3, 0.4) is 0 Å². The Morgan fingerprint density at radius 2 is 1.74 bits per heavy atom. The minimum atomic E-state index is -3.84. The van der Waals surface area contributed by atoms with E-state index >= 15 is 0 Å². The number of amides is 1. The summed E-state index contributed by atoms with van der Waals surface area (Å²) >= 11 is 3.32. The molecule has 0 saturated carbocycles. The largest absolute Gasteiger partial charge is 0.306 e. The lowest BCUT2D eigenvalue weighted by molar-refractivity contribution is -0.121. The summed E-state index contributed by atoms with van der Waals surface area (Å²) in [4.78, 5) is 14.9. The molecule has 3 rings (SSSR count). The highest BCUT2D eigenvalue weighted by Gasteiger charge is 2.26. The van der Waals surface area contributed by atoms with Crippen LogP contribution in [0.5, 0.6) is 0 Å². The van der Waals surface area contributed by atoms with E-state index in [-0.39, 0.29) is 18.0 Å². The first kappa shape index (κ1) is 23.6. The normalized spacial score (nSPS) is 15.1. The van der Waals surface area contributed by atoms with Crippen molar-refractivity contribution in [1.29, 1.82) is 0 Å². The summed E-state index contributed by atoms with van der Waals surface area (Å²) < 4.78 is 28.5. The molecule has 1 amide bonds. The van der Waals surface area contributed by atoms with Crippen molar-refractivity contribution in [3.8, 4) is 0 Å². The summed E-state index contributed by atoms with van der Waals surface area (Å²) in [5.74, 6) is -0.444. The number of halogens is 1. The van der Waals surface area contributed by atoms with Gasteiger partial charge >= 0.3 is 0 Å². The minimum Gasteiger partial charge on any atom is -0.306 e. The van der Waals surface area contributed by atoms with E-state index in [2.05, 4.69) is 31.4 Å². The van der Waals surface area contributed by atoms with E-state index in [1.165, 1.54) is 16.4 Å². The molecule has 0 unspecified atom stereocenters. The predicted molar refractivity (Wildman–Crippen MR) is 125 cm³/mol. The van der Waals surface area contributed by atoms with Crippen LogP contribution in [0.4, 0.5) is 0 Å². The van der Waals surface area contributed by atoms with Crippen LogP contribution in [-0.2, 0) is 21.2 Å². The van der Waals surface area contributed by atoms with Crippen LogP contribution in [0.1, 0.15) is 18.4 Å². The molecule has 0 aromatic heterocycles. The lowest BCUT2D eigenvalue weighted by Gasteiger charge is -2.23. The van der Waals surface area contributed by atoms with E-state index in [4.69, 9.17) is 0 Å². The van der Waals surface area contributed by atoms with Gasteiger partial charge in [-0.3, -0.25) is 4.79 Å². The van der Waals surface area contributed by atoms with Gasteiger partial charge in [0.05, 0.1) is 11.4 Å². The van der Waals surface area contributed by atoms with Gasteiger partial charge in [-0.1, -0.05) is 46.3 Å². The maximum atomic E-state index is 13.2. The van der Waals surface area contributed by atoms with Crippen molar-refractivity contribution in [3.05, 3.63) is 64.6 Å². The molecular weight excluding hydrogens is 480 g/mol. The predicted octanol–water partition coefficient (Wildman–Crippen LogP) is 2.88. The first-order valence-electron chi connectivity index (χ1n) is 10.2. The van der Waals surface area contributed by atoms with Crippen LogP contribution in [-0.4, -0.2) is 62.5 Å². The van der Waals surface area contributed by atoms with Gasteiger partial charge in [-0.15, -0.1) is 0 Å². The van der Waals surface area contributed by atoms with E-state index in [1.54, 1.807) is 12.1 Å². The molecule has 0 atom stereocenters. The minimum absolute atomic E-state index is 0.151. The summed E-state index contributed by atoms with van der Waals surface area (Å²) in [6, 6.07) is 16.0. The average Bonchev–Trinajstić information content (AvgIpc) is 2.77. The van der Waals surface area contributed by atoms with Crippen molar-refractivity contribution in [1.82, 2.24) is 14.6 Å². The van der Waals surface area contributed by atoms with Crippen LogP contribution in [0.2, 0.25) is 0 Å². The van der Waals surface area contributed by atoms with Crippen LogP contribution < -0.4 is 5.43 Å². The number of benzene rings is 2. The van der Waals surface area contributed by atoms with Gasteiger partial charge in [0.15, 0.2) is 0 Å². The lowest BCUT2D eigenvalue weighted by Crippen LogP contribution is -2.41. The smallest absolute Gasteiger partial charge is 0.255 e. The van der Waals surface area contributed by atoms with E-state index < -0.39 is 15.9 Å². The maximum Gasteiger partial charge on any atom is 0.255 e. The molecule has 1 N–H and O–H groups in total. The average molecular weight is 507 g/mol. The fourth-order valence-corrected chi connectivity index (χ4v) is 4.93. The van der Waals surface area contributed by atoms with Gasteiger partial charge in [0.1, 0.15) is 0 Å². The van der Waals surface area contributed by atoms with Crippen molar-refractivity contribution in [2.45, 2.75) is 24.2 Å². The Labute approximate surface area is 192 Å². The van der Waals surface area contributed by atoms with Gasteiger partial charge in [0, 0.05) is 42.7 Å². The fourth-order valence-electron chi connectivity index (χ4n) is 3.26. The SMILES string of the molecule is CN1CCC(=NNC(=O)CN(CCc2ccccc2)S(=O)(=O)c2ccc(Br)cc2)CC1. The Hall–Kier alpha value is -2.07. The number of nitrogens with zero attached hydrogens (tertiary/aromatic N) is 3. The number of carbonyl (C=O) groups excluding carboxylic acids is 1. The maximum absolute atomic E-state index is 13.2. The zero-order chi connectivity index (χ0) is 22.3. The number of carbonyl (C=O) groups is 1. The van der Waals surface area contributed by atoms with Crippen LogP contribution in [0.15, 0.2) is 69.1 Å². The van der Waals surface area contributed by atoms with E-state index in [1.807, 2.05) is 37.4 Å². The van der Waals surface area contributed by atoms with Gasteiger partial charge in [0.25, 0.3) is 5.91 Å². The Kier molecular flexibility index (Phi) is 8.36. The van der Waals surface area contributed by atoms with Crippen molar-refractivity contribution in [2.24, 2.45) is 5.10 Å². The standard InChI is InChI=1S/C22H27BrN4O3S/c1-26-14-12-20(13-15-26)24-25-22(28)17-27(16-11-18-5-3-2-4-6-18)31(29,30)21-9-7-19(23)8-10-21/h2-10H,11-17H2,1H3,(H,25,28). The molecule has 1 fully saturated rings. The summed E-state index contributed by atoms with van der Waals surface area (Å²) in [5, 5.41) is 4.22. The van der Waals surface area contributed by atoms with Gasteiger partial charge < -0.3 is 4.90 Å². The van der Waals surface area contributed by atoms with Crippen molar-refractivity contribution >= 4 is 37.6 Å². The monoisotopic (exact) mass is 506 g/mol. The molecule has 2 aromatic carbocycles. The third-order valence-electron chi connectivity index (χ3n) is 5.17. The second kappa shape index (κ2) is 11.0. The molecule has 31 heavy (non-hydrogen) atoms. The molecule has 0 bridgehead atoms. The number of hydrogen-bond acceptors (Lipinski definition) is 5. The van der Waals surface area contributed by atoms with Gasteiger partial charge in [-0.05, 0) is 43.3 Å². The first-order chi connectivity index (χ1) is 14.8. The molecule has 0 aliphatic carbocycles. The molecule has 2 aromatic rings. The highest BCUT2D eigenvalue weighted by Crippen LogP contribution is 2.19.